The van der Waals surface area contributed by atoms with Crippen molar-refractivity contribution in [2.24, 2.45) is 5.92 Å². The Bertz CT molecular complexity index is 332. The molecule has 1 aromatic rings. The van der Waals surface area contributed by atoms with Gasteiger partial charge >= 0.3 is 0 Å². The Balaban J connectivity index is 2.41. The lowest BCUT2D eigenvalue weighted by molar-refractivity contribution is 0.439. The molecule has 0 saturated carbocycles. The summed E-state index contributed by atoms with van der Waals surface area (Å²) < 4.78 is 1.76. The summed E-state index contributed by atoms with van der Waals surface area (Å²) in [5.74, 6) is 0.483. The molecule has 1 rings (SSSR count). The van der Waals surface area contributed by atoms with Gasteiger partial charge in [-0.25, -0.2) is 0 Å². The van der Waals surface area contributed by atoms with E-state index >= 15 is 0 Å². The Morgan fingerprint density at radius 3 is 2.93 bits per heavy atom. The van der Waals surface area contributed by atoms with Gasteiger partial charge in [0.05, 0.1) is 0 Å². The number of hydrogen-bond acceptors (Lipinski definition) is 2. The second-order valence-electron chi connectivity index (χ2n) is 4.00. The van der Waals surface area contributed by atoms with Gasteiger partial charge in [-0.05, 0) is 31.5 Å². The van der Waals surface area contributed by atoms with E-state index in [9.17, 15) is 4.79 Å². The summed E-state index contributed by atoms with van der Waals surface area (Å²) in [5.41, 5.74) is 0.0832. The first-order valence-electron chi connectivity index (χ1n) is 5.60. The van der Waals surface area contributed by atoms with Crippen LogP contribution >= 0.6 is 0 Å². The molecule has 3 nitrogen and oxygen atoms in total. The molecule has 3 heteroatoms. The molecule has 0 bridgehead atoms. The van der Waals surface area contributed by atoms with E-state index in [4.69, 9.17) is 0 Å². The van der Waals surface area contributed by atoms with E-state index in [0.717, 1.165) is 26.1 Å². The second kappa shape index (κ2) is 6.40. The summed E-state index contributed by atoms with van der Waals surface area (Å²) in [7, 11) is 0. The Morgan fingerprint density at radius 1 is 1.47 bits per heavy atom. The van der Waals surface area contributed by atoms with Gasteiger partial charge in [-0.2, -0.15) is 0 Å². The highest BCUT2D eigenvalue weighted by Gasteiger charge is 2.02. The van der Waals surface area contributed by atoms with Crippen molar-refractivity contribution in [3.8, 4) is 0 Å². The molecule has 0 saturated heterocycles. The van der Waals surface area contributed by atoms with E-state index in [-0.39, 0.29) is 5.56 Å². The van der Waals surface area contributed by atoms with E-state index in [1.165, 1.54) is 0 Å². The van der Waals surface area contributed by atoms with Crippen molar-refractivity contribution in [1.29, 1.82) is 0 Å². The minimum atomic E-state index is 0.0832. The predicted octanol–water partition coefficient (Wildman–Crippen LogP) is 1.48. The Morgan fingerprint density at radius 2 is 2.27 bits per heavy atom. The maximum absolute atomic E-state index is 11.4. The smallest absolute Gasteiger partial charge is 0.250 e. The first kappa shape index (κ1) is 12.0. The van der Waals surface area contributed by atoms with E-state index in [0.29, 0.717) is 5.92 Å². The standard InChI is InChI=1S/C12H20N2O/c1-3-7-13-9-11(2)10-14-8-5-4-6-12(14)15/h4-6,8,11,13H,3,7,9-10H2,1-2H3. The summed E-state index contributed by atoms with van der Waals surface area (Å²) in [4.78, 5) is 11.4. The van der Waals surface area contributed by atoms with Crippen LogP contribution in [0.2, 0.25) is 0 Å². The normalized spacial score (nSPS) is 12.7. The van der Waals surface area contributed by atoms with Gasteiger partial charge in [0.15, 0.2) is 0 Å². The van der Waals surface area contributed by atoms with Crippen molar-refractivity contribution >= 4 is 0 Å². The van der Waals surface area contributed by atoms with Gasteiger partial charge in [0.2, 0.25) is 0 Å². The summed E-state index contributed by atoms with van der Waals surface area (Å²) in [6.07, 6.45) is 3.00. The molecule has 84 valence electrons. The molecule has 1 atom stereocenters. The largest absolute Gasteiger partial charge is 0.316 e. The van der Waals surface area contributed by atoms with Gasteiger partial charge < -0.3 is 9.88 Å². The van der Waals surface area contributed by atoms with E-state index in [1.54, 1.807) is 16.7 Å². The van der Waals surface area contributed by atoms with Crippen LogP contribution in [-0.4, -0.2) is 17.7 Å². The van der Waals surface area contributed by atoms with Crippen molar-refractivity contribution in [2.45, 2.75) is 26.8 Å². The van der Waals surface area contributed by atoms with Crippen LogP contribution in [0.15, 0.2) is 29.2 Å². The first-order chi connectivity index (χ1) is 7.24. The lowest BCUT2D eigenvalue weighted by Crippen LogP contribution is -2.28. The molecule has 1 N–H and O–H groups in total. The fraction of sp³-hybridized carbons (Fsp3) is 0.583. The van der Waals surface area contributed by atoms with Crippen molar-refractivity contribution in [3.63, 3.8) is 0 Å². The van der Waals surface area contributed by atoms with Crippen LogP contribution in [0.3, 0.4) is 0 Å². The zero-order valence-electron chi connectivity index (χ0n) is 9.57. The van der Waals surface area contributed by atoms with Crippen molar-refractivity contribution in [2.75, 3.05) is 13.1 Å². The third kappa shape index (κ3) is 4.30. The van der Waals surface area contributed by atoms with Crippen LogP contribution in [0.1, 0.15) is 20.3 Å². The minimum absolute atomic E-state index is 0.0832. The minimum Gasteiger partial charge on any atom is -0.316 e. The van der Waals surface area contributed by atoms with Crippen LogP contribution in [0, 0.1) is 5.92 Å². The Kier molecular flexibility index (Phi) is 5.12. The molecular formula is C12H20N2O. The Labute approximate surface area is 91.1 Å². The van der Waals surface area contributed by atoms with E-state index in [2.05, 4.69) is 19.2 Å². The molecule has 0 aliphatic carbocycles. The summed E-state index contributed by atoms with van der Waals surface area (Å²) in [6, 6.07) is 5.28. The average Bonchev–Trinajstić information content (AvgIpc) is 2.22. The number of rotatable bonds is 6. The van der Waals surface area contributed by atoms with Crippen molar-refractivity contribution in [3.05, 3.63) is 34.7 Å². The number of aromatic nitrogens is 1. The maximum atomic E-state index is 11.4. The van der Waals surface area contributed by atoms with Gasteiger partial charge in [-0.1, -0.05) is 19.9 Å². The zero-order valence-corrected chi connectivity index (χ0v) is 9.57. The molecule has 1 unspecified atom stereocenters. The fourth-order valence-electron chi connectivity index (χ4n) is 1.54. The zero-order chi connectivity index (χ0) is 11.1. The number of pyridine rings is 1. The van der Waals surface area contributed by atoms with Crippen LogP contribution in [-0.2, 0) is 6.54 Å². The highest BCUT2D eigenvalue weighted by atomic mass is 16.1. The molecule has 1 heterocycles. The van der Waals surface area contributed by atoms with Crippen molar-refractivity contribution < 1.29 is 0 Å². The van der Waals surface area contributed by atoms with Gasteiger partial charge in [0, 0.05) is 18.8 Å². The van der Waals surface area contributed by atoms with Crippen LogP contribution in [0.5, 0.6) is 0 Å². The average molecular weight is 208 g/mol. The molecule has 0 aliphatic rings. The molecule has 15 heavy (non-hydrogen) atoms. The molecule has 1 aromatic heterocycles. The molecule has 0 amide bonds. The maximum Gasteiger partial charge on any atom is 0.250 e. The summed E-state index contributed by atoms with van der Waals surface area (Å²) in [5, 5.41) is 3.36. The van der Waals surface area contributed by atoms with Gasteiger partial charge in [0.25, 0.3) is 5.56 Å². The molecular weight excluding hydrogens is 188 g/mol. The summed E-state index contributed by atoms with van der Waals surface area (Å²) in [6.45, 7) is 7.11. The van der Waals surface area contributed by atoms with Gasteiger partial charge in [0.1, 0.15) is 0 Å². The van der Waals surface area contributed by atoms with E-state index in [1.807, 2.05) is 12.3 Å². The lowest BCUT2D eigenvalue weighted by Gasteiger charge is -2.13. The third-order valence-electron chi connectivity index (χ3n) is 2.33. The number of hydrogen-bond donors (Lipinski definition) is 1. The second-order valence-corrected chi connectivity index (χ2v) is 4.00. The first-order valence-corrected chi connectivity index (χ1v) is 5.60. The molecule has 0 spiro atoms. The number of nitrogens with one attached hydrogen (secondary N) is 1. The molecule has 0 fully saturated rings. The molecule has 0 aliphatic heterocycles. The highest BCUT2D eigenvalue weighted by Crippen LogP contribution is 1.96. The van der Waals surface area contributed by atoms with Crippen molar-refractivity contribution in [1.82, 2.24) is 9.88 Å². The molecule has 0 radical (unpaired) electrons. The SMILES string of the molecule is CCCNCC(C)Cn1ccccc1=O. The van der Waals surface area contributed by atoms with E-state index < -0.39 is 0 Å². The third-order valence-corrected chi connectivity index (χ3v) is 2.33. The number of nitrogens with zero attached hydrogens (tertiary/aromatic N) is 1. The van der Waals surface area contributed by atoms with Crippen LogP contribution in [0.25, 0.3) is 0 Å². The molecule has 0 aromatic carbocycles. The highest BCUT2D eigenvalue weighted by molar-refractivity contribution is 4.93. The van der Waals surface area contributed by atoms with Crippen LogP contribution < -0.4 is 10.9 Å². The monoisotopic (exact) mass is 208 g/mol. The van der Waals surface area contributed by atoms with Crippen LogP contribution in [0.4, 0.5) is 0 Å². The predicted molar refractivity (Wildman–Crippen MR) is 63.0 cm³/mol. The Hall–Kier alpha value is -1.09. The quantitative estimate of drug-likeness (QED) is 0.719. The van der Waals surface area contributed by atoms with Gasteiger partial charge in [-0.15, -0.1) is 0 Å². The summed E-state index contributed by atoms with van der Waals surface area (Å²) >= 11 is 0. The topological polar surface area (TPSA) is 34.0 Å². The lowest BCUT2D eigenvalue weighted by atomic mass is 10.2. The van der Waals surface area contributed by atoms with Gasteiger partial charge in [-0.3, -0.25) is 4.79 Å². The fourth-order valence-corrected chi connectivity index (χ4v) is 1.54.